The van der Waals surface area contributed by atoms with Crippen molar-refractivity contribution in [1.82, 2.24) is 0 Å². The van der Waals surface area contributed by atoms with Crippen LogP contribution in [0, 0.1) is 0 Å². The molecule has 0 saturated heterocycles. The number of allylic oxidation sites excluding steroid dienone is 2. The van der Waals surface area contributed by atoms with Gasteiger partial charge in [0.2, 0.25) is 0 Å². The van der Waals surface area contributed by atoms with Crippen molar-refractivity contribution in [2.75, 3.05) is 0 Å². The van der Waals surface area contributed by atoms with E-state index in [0.717, 1.165) is 23.3 Å². The molecule has 134 valence electrons. The zero-order valence-corrected chi connectivity index (χ0v) is 15.2. The second-order valence-electron chi connectivity index (χ2n) is 6.76. The molecule has 2 aromatic rings. The van der Waals surface area contributed by atoms with Gasteiger partial charge in [-0.25, -0.2) is 0 Å². The van der Waals surface area contributed by atoms with Gasteiger partial charge in [0.15, 0.2) is 5.78 Å². The Kier molecular flexibility index (Phi) is 6.00. The van der Waals surface area contributed by atoms with E-state index in [-0.39, 0.29) is 17.5 Å². The summed E-state index contributed by atoms with van der Waals surface area (Å²) in [6.07, 6.45) is 2.43. The Morgan fingerprint density at radius 2 is 1.69 bits per heavy atom. The fourth-order valence-electron chi connectivity index (χ4n) is 3.46. The zero-order valence-electron chi connectivity index (χ0n) is 15.2. The second-order valence-corrected chi connectivity index (χ2v) is 6.76. The van der Waals surface area contributed by atoms with Gasteiger partial charge < -0.3 is 5.11 Å². The summed E-state index contributed by atoms with van der Waals surface area (Å²) in [6.45, 7) is 2.52. The van der Waals surface area contributed by atoms with Crippen molar-refractivity contribution in [3.8, 4) is 0 Å². The molecular formula is C23H25NO2. The number of nitrogens with zero attached hydrogens (tertiary/aromatic N) is 1. The summed E-state index contributed by atoms with van der Waals surface area (Å²) in [7, 11) is 0. The van der Waals surface area contributed by atoms with Gasteiger partial charge in [-0.15, -0.1) is 0 Å². The molecule has 1 saturated carbocycles. The number of aliphatic hydroxyl groups is 1. The number of ketones is 1. The predicted molar refractivity (Wildman–Crippen MR) is 106 cm³/mol. The fraction of sp³-hybridized carbons (Fsp3) is 0.304. The minimum atomic E-state index is 0.00265. The maximum absolute atomic E-state index is 12.8. The lowest BCUT2D eigenvalue weighted by Crippen LogP contribution is -2.26. The number of carbonyl (C=O) groups excluding carboxylic acids is 1. The SMILES string of the molecule is CCC/C(O)=C1\C(=O)CC(c2ccccc2)CC1=NCc1ccccc1. The topological polar surface area (TPSA) is 49.7 Å². The molecule has 1 aliphatic rings. The number of hydrogen-bond acceptors (Lipinski definition) is 3. The molecule has 0 aliphatic heterocycles. The molecule has 1 fully saturated rings. The molecule has 0 amide bonds. The molecule has 0 spiro atoms. The van der Waals surface area contributed by atoms with Crippen molar-refractivity contribution < 1.29 is 9.90 Å². The monoisotopic (exact) mass is 347 g/mol. The first-order valence-electron chi connectivity index (χ1n) is 9.27. The van der Waals surface area contributed by atoms with Crippen LogP contribution in [-0.2, 0) is 11.3 Å². The van der Waals surface area contributed by atoms with Crippen LogP contribution in [0.3, 0.4) is 0 Å². The molecule has 3 rings (SSSR count). The van der Waals surface area contributed by atoms with Crippen LogP contribution < -0.4 is 0 Å². The van der Waals surface area contributed by atoms with Crippen molar-refractivity contribution >= 4 is 11.5 Å². The van der Waals surface area contributed by atoms with Gasteiger partial charge in [0, 0.05) is 12.8 Å². The quantitative estimate of drug-likeness (QED) is 0.582. The lowest BCUT2D eigenvalue weighted by atomic mass is 9.78. The van der Waals surface area contributed by atoms with E-state index >= 15 is 0 Å². The normalized spacial score (nSPS) is 21.0. The maximum atomic E-state index is 12.8. The second kappa shape index (κ2) is 8.61. The van der Waals surface area contributed by atoms with Gasteiger partial charge in [-0.1, -0.05) is 67.6 Å². The highest BCUT2D eigenvalue weighted by molar-refractivity contribution is 6.24. The van der Waals surface area contributed by atoms with Crippen LogP contribution >= 0.6 is 0 Å². The summed E-state index contributed by atoms with van der Waals surface area (Å²) in [5.41, 5.74) is 3.45. The number of Topliss-reactive ketones (excluding diaryl/α,β-unsaturated/α-hetero) is 1. The van der Waals surface area contributed by atoms with Crippen LogP contribution in [0.1, 0.15) is 49.7 Å². The van der Waals surface area contributed by atoms with Gasteiger partial charge in [0.25, 0.3) is 0 Å². The van der Waals surface area contributed by atoms with E-state index in [1.54, 1.807) is 0 Å². The zero-order chi connectivity index (χ0) is 18.4. The average Bonchev–Trinajstić information content (AvgIpc) is 2.67. The van der Waals surface area contributed by atoms with Gasteiger partial charge in [-0.2, -0.15) is 0 Å². The number of rotatable bonds is 5. The third-order valence-electron chi connectivity index (χ3n) is 4.78. The van der Waals surface area contributed by atoms with Crippen LogP contribution in [0.5, 0.6) is 0 Å². The van der Waals surface area contributed by atoms with E-state index in [1.807, 2.05) is 55.5 Å². The molecule has 1 N–H and O–H groups in total. The Morgan fingerprint density at radius 1 is 1.04 bits per heavy atom. The number of benzene rings is 2. The highest BCUT2D eigenvalue weighted by Crippen LogP contribution is 2.33. The van der Waals surface area contributed by atoms with Gasteiger partial charge in [0.05, 0.1) is 17.8 Å². The van der Waals surface area contributed by atoms with Gasteiger partial charge in [-0.3, -0.25) is 9.79 Å². The molecule has 0 aromatic heterocycles. The van der Waals surface area contributed by atoms with Crippen LogP contribution in [-0.4, -0.2) is 16.6 Å². The first kappa shape index (κ1) is 18.1. The molecule has 1 aliphatic carbocycles. The van der Waals surface area contributed by atoms with Crippen LogP contribution in [0.25, 0.3) is 0 Å². The Morgan fingerprint density at radius 3 is 2.35 bits per heavy atom. The molecule has 0 radical (unpaired) electrons. The number of hydrogen-bond donors (Lipinski definition) is 1. The predicted octanol–water partition coefficient (Wildman–Crippen LogP) is 5.39. The smallest absolute Gasteiger partial charge is 0.168 e. The van der Waals surface area contributed by atoms with Gasteiger partial charge in [-0.05, 0) is 29.9 Å². The summed E-state index contributed by atoms with van der Waals surface area (Å²) in [5, 5.41) is 10.4. The van der Waals surface area contributed by atoms with E-state index in [9.17, 15) is 9.90 Å². The third-order valence-corrected chi connectivity index (χ3v) is 4.78. The molecule has 26 heavy (non-hydrogen) atoms. The van der Waals surface area contributed by atoms with Crippen molar-refractivity contribution in [3.63, 3.8) is 0 Å². The molecule has 3 nitrogen and oxygen atoms in total. The van der Waals surface area contributed by atoms with E-state index in [0.29, 0.717) is 31.4 Å². The van der Waals surface area contributed by atoms with Crippen molar-refractivity contribution in [1.29, 1.82) is 0 Å². The lowest BCUT2D eigenvalue weighted by Gasteiger charge is -2.26. The van der Waals surface area contributed by atoms with Crippen LogP contribution in [0.15, 0.2) is 77.0 Å². The minimum Gasteiger partial charge on any atom is -0.511 e. The van der Waals surface area contributed by atoms with Crippen molar-refractivity contribution in [2.45, 2.75) is 45.1 Å². The van der Waals surface area contributed by atoms with Crippen LogP contribution in [0.4, 0.5) is 0 Å². The molecule has 0 heterocycles. The van der Waals surface area contributed by atoms with Crippen molar-refractivity contribution in [3.05, 3.63) is 83.1 Å². The first-order chi connectivity index (χ1) is 12.7. The minimum absolute atomic E-state index is 0.00265. The molecule has 1 atom stereocenters. The molecule has 0 bridgehead atoms. The summed E-state index contributed by atoms with van der Waals surface area (Å²) in [5.74, 6) is 0.315. The standard InChI is InChI=1S/C23H25NO2/c1-2-9-21(25)23-20(24-16-17-10-5-3-6-11-17)14-19(15-22(23)26)18-12-7-4-8-13-18/h3-8,10-13,19,25H,2,9,14-16H2,1H3/b23-21+,24-20?. The third kappa shape index (κ3) is 4.29. The lowest BCUT2D eigenvalue weighted by molar-refractivity contribution is -0.116. The molecule has 1 unspecified atom stereocenters. The number of aliphatic imine (C=N–C) groups is 1. The van der Waals surface area contributed by atoms with Crippen molar-refractivity contribution in [2.24, 2.45) is 4.99 Å². The fourth-order valence-corrected chi connectivity index (χ4v) is 3.46. The molecule has 2 aromatic carbocycles. The van der Waals surface area contributed by atoms with E-state index < -0.39 is 0 Å². The van der Waals surface area contributed by atoms with Crippen LogP contribution in [0.2, 0.25) is 0 Å². The summed E-state index contributed by atoms with van der Waals surface area (Å²) < 4.78 is 0. The Labute approximate surface area is 155 Å². The largest absolute Gasteiger partial charge is 0.511 e. The van der Waals surface area contributed by atoms with E-state index in [2.05, 4.69) is 12.1 Å². The average molecular weight is 347 g/mol. The highest BCUT2D eigenvalue weighted by atomic mass is 16.3. The van der Waals surface area contributed by atoms with E-state index in [4.69, 9.17) is 4.99 Å². The summed E-state index contributed by atoms with van der Waals surface area (Å²) >= 11 is 0. The Bertz CT molecular complexity index is 807. The Hall–Kier alpha value is -2.68. The van der Waals surface area contributed by atoms with E-state index in [1.165, 1.54) is 0 Å². The highest BCUT2D eigenvalue weighted by Gasteiger charge is 2.32. The summed E-state index contributed by atoms with van der Waals surface area (Å²) in [4.78, 5) is 17.6. The Balaban J connectivity index is 1.92. The molecule has 3 heteroatoms. The first-order valence-corrected chi connectivity index (χ1v) is 9.27. The number of carbonyl (C=O) groups is 1. The van der Waals surface area contributed by atoms with Gasteiger partial charge in [0.1, 0.15) is 5.76 Å². The maximum Gasteiger partial charge on any atom is 0.168 e. The van der Waals surface area contributed by atoms with Gasteiger partial charge >= 0.3 is 0 Å². The molecular weight excluding hydrogens is 322 g/mol. The number of aliphatic hydroxyl groups excluding tert-OH is 1. The summed E-state index contributed by atoms with van der Waals surface area (Å²) in [6, 6.07) is 20.1.